The number of hydrogen-bond acceptors (Lipinski definition) is 2. The number of hydrogen-bond donors (Lipinski definition) is 1. The van der Waals surface area contributed by atoms with Gasteiger partial charge in [0, 0.05) is 18.8 Å². The molecular formula is C14H17NO2. The Labute approximate surface area is 102 Å². The fourth-order valence-electron chi connectivity index (χ4n) is 1.68. The molecule has 1 aromatic rings. The van der Waals surface area contributed by atoms with Gasteiger partial charge in [0.1, 0.15) is 0 Å². The number of rotatable bonds is 6. The van der Waals surface area contributed by atoms with Crippen LogP contribution in [0.15, 0.2) is 43.5 Å². The fourth-order valence-corrected chi connectivity index (χ4v) is 1.68. The van der Waals surface area contributed by atoms with Gasteiger partial charge in [0.25, 0.3) is 0 Å². The quantitative estimate of drug-likeness (QED) is 0.765. The molecule has 3 nitrogen and oxygen atoms in total. The van der Waals surface area contributed by atoms with Crippen LogP contribution in [0, 0.1) is 6.92 Å². The first-order valence-corrected chi connectivity index (χ1v) is 5.40. The topological polar surface area (TPSA) is 40.5 Å². The monoisotopic (exact) mass is 231 g/mol. The molecule has 17 heavy (non-hydrogen) atoms. The van der Waals surface area contributed by atoms with Gasteiger partial charge in [-0.25, -0.2) is 4.79 Å². The number of carboxylic acids is 1. The number of nitrogens with zero attached hydrogens (tertiary/aromatic N) is 1. The number of anilines is 1. The largest absolute Gasteiger partial charge is 0.478 e. The van der Waals surface area contributed by atoms with E-state index < -0.39 is 5.97 Å². The molecule has 0 atom stereocenters. The van der Waals surface area contributed by atoms with Gasteiger partial charge < -0.3 is 10.0 Å². The molecule has 0 aliphatic carbocycles. The fraction of sp³-hybridized carbons (Fsp3) is 0.214. The van der Waals surface area contributed by atoms with E-state index in [0.29, 0.717) is 18.7 Å². The molecule has 0 bridgehead atoms. The number of aryl methyl sites for hydroxylation is 1. The summed E-state index contributed by atoms with van der Waals surface area (Å²) in [6, 6.07) is 5.31. The standard InChI is InChI=1S/C14H17NO2/c1-4-8-15(9-5-2)12-6-7-13(14(16)17)11(3)10-12/h4-7,10H,1-2,8-9H2,3H3,(H,16,17). The molecule has 0 aliphatic rings. The van der Waals surface area contributed by atoms with E-state index in [1.807, 2.05) is 24.3 Å². The van der Waals surface area contributed by atoms with Crippen molar-refractivity contribution in [3.8, 4) is 0 Å². The molecule has 3 heteroatoms. The average Bonchev–Trinajstić information content (AvgIpc) is 2.28. The van der Waals surface area contributed by atoms with E-state index in [0.717, 1.165) is 11.3 Å². The van der Waals surface area contributed by atoms with Crippen LogP contribution in [0.2, 0.25) is 0 Å². The van der Waals surface area contributed by atoms with Crippen molar-refractivity contribution in [2.24, 2.45) is 0 Å². The summed E-state index contributed by atoms with van der Waals surface area (Å²) in [6.07, 6.45) is 3.62. The summed E-state index contributed by atoms with van der Waals surface area (Å²) in [4.78, 5) is 13.0. The lowest BCUT2D eigenvalue weighted by atomic mass is 10.1. The zero-order chi connectivity index (χ0) is 12.8. The van der Waals surface area contributed by atoms with Crippen LogP contribution in [0.1, 0.15) is 15.9 Å². The Balaban J connectivity index is 3.04. The van der Waals surface area contributed by atoms with E-state index in [1.54, 1.807) is 13.0 Å². The van der Waals surface area contributed by atoms with Crippen LogP contribution in [0.3, 0.4) is 0 Å². The smallest absolute Gasteiger partial charge is 0.335 e. The molecule has 0 unspecified atom stereocenters. The van der Waals surface area contributed by atoms with Gasteiger partial charge in [-0.05, 0) is 30.7 Å². The van der Waals surface area contributed by atoms with Crippen LogP contribution in [0.5, 0.6) is 0 Å². The number of carboxylic acid groups (broad SMARTS) is 1. The van der Waals surface area contributed by atoms with E-state index in [2.05, 4.69) is 18.1 Å². The van der Waals surface area contributed by atoms with Gasteiger partial charge in [0.15, 0.2) is 0 Å². The molecule has 0 aliphatic heterocycles. The lowest BCUT2D eigenvalue weighted by Crippen LogP contribution is -2.23. The summed E-state index contributed by atoms with van der Waals surface area (Å²) in [5.74, 6) is -0.895. The molecule has 0 saturated carbocycles. The van der Waals surface area contributed by atoms with Gasteiger partial charge in [-0.1, -0.05) is 12.2 Å². The zero-order valence-electron chi connectivity index (χ0n) is 10.0. The molecular weight excluding hydrogens is 214 g/mol. The van der Waals surface area contributed by atoms with Gasteiger partial charge in [-0.2, -0.15) is 0 Å². The Kier molecular flexibility index (Phi) is 4.52. The Morgan fingerprint density at radius 3 is 2.35 bits per heavy atom. The van der Waals surface area contributed by atoms with E-state index in [4.69, 9.17) is 5.11 Å². The predicted octanol–water partition coefficient (Wildman–Crippen LogP) is 2.87. The summed E-state index contributed by atoms with van der Waals surface area (Å²) in [5, 5.41) is 8.96. The average molecular weight is 231 g/mol. The Bertz CT molecular complexity index is 428. The first-order valence-electron chi connectivity index (χ1n) is 5.40. The van der Waals surface area contributed by atoms with Crippen molar-refractivity contribution < 1.29 is 9.90 Å². The highest BCUT2D eigenvalue weighted by Crippen LogP contribution is 2.19. The van der Waals surface area contributed by atoms with Crippen LogP contribution < -0.4 is 4.90 Å². The molecule has 1 rings (SSSR count). The van der Waals surface area contributed by atoms with Crippen LogP contribution in [-0.4, -0.2) is 24.2 Å². The third-order valence-corrected chi connectivity index (χ3v) is 2.50. The van der Waals surface area contributed by atoms with Crippen molar-refractivity contribution in [3.63, 3.8) is 0 Å². The Morgan fingerprint density at radius 1 is 1.35 bits per heavy atom. The van der Waals surface area contributed by atoms with E-state index in [1.165, 1.54) is 0 Å². The molecule has 0 fully saturated rings. The summed E-state index contributed by atoms with van der Waals surface area (Å²) in [7, 11) is 0. The molecule has 1 N–H and O–H groups in total. The van der Waals surface area contributed by atoms with Gasteiger partial charge in [0.2, 0.25) is 0 Å². The van der Waals surface area contributed by atoms with Crippen molar-refractivity contribution >= 4 is 11.7 Å². The molecule has 90 valence electrons. The minimum absolute atomic E-state index is 0.339. The van der Waals surface area contributed by atoms with Crippen molar-refractivity contribution in [1.82, 2.24) is 0 Å². The maximum absolute atomic E-state index is 10.9. The maximum Gasteiger partial charge on any atom is 0.335 e. The molecule has 0 spiro atoms. The Hall–Kier alpha value is -2.03. The summed E-state index contributed by atoms with van der Waals surface area (Å²) < 4.78 is 0. The van der Waals surface area contributed by atoms with E-state index >= 15 is 0 Å². The minimum atomic E-state index is -0.895. The highest BCUT2D eigenvalue weighted by molar-refractivity contribution is 5.89. The van der Waals surface area contributed by atoms with Crippen molar-refractivity contribution in [3.05, 3.63) is 54.6 Å². The molecule has 0 saturated heterocycles. The van der Waals surface area contributed by atoms with Gasteiger partial charge in [-0.15, -0.1) is 13.2 Å². The number of carbonyl (C=O) groups is 1. The minimum Gasteiger partial charge on any atom is -0.478 e. The SMILES string of the molecule is C=CCN(CC=C)c1ccc(C(=O)O)c(C)c1. The second kappa shape index (κ2) is 5.89. The van der Waals surface area contributed by atoms with Crippen LogP contribution >= 0.6 is 0 Å². The van der Waals surface area contributed by atoms with Crippen molar-refractivity contribution in [2.75, 3.05) is 18.0 Å². The lowest BCUT2D eigenvalue weighted by molar-refractivity contribution is 0.0696. The third-order valence-electron chi connectivity index (χ3n) is 2.50. The summed E-state index contributed by atoms with van der Waals surface area (Å²) in [6.45, 7) is 10.6. The van der Waals surface area contributed by atoms with Gasteiger partial charge >= 0.3 is 5.97 Å². The van der Waals surface area contributed by atoms with Crippen molar-refractivity contribution in [2.45, 2.75) is 6.92 Å². The third kappa shape index (κ3) is 3.21. The number of aromatic carboxylic acids is 1. The van der Waals surface area contributed by atoms with Crippen LogP contribution in [-0.2, 0) is 0 Å². The van der Waals surface area contributed by atoms with Crippen LogP contribution in [0.4, 0.5) is 5.69 Å². The molecule has 0 heterocycles. The highest BCUT2D eigenvalue weighted by atomic mass is 16.4. The molecule has 1 aromatic carbocycles. The van der Waals surface area contributed by atoms with Crippen molar-refractivity contribution in [1.29, 1.82) is 0 Å². The Morgan fingerprint density at radius 2 is 1.94 bits per heavy atom. The summed E-state index contributed by atoms with van der Waals surface area (Å²) >= 11 is 0. The van der Waals surface area contributed by atoms with E-state index in [9.17, 15) is 4.79 Å². The van der Waals surface area contributed by atoms with Gasteiger partial charge in [0.05, 0.1) is 5.56 Å². The maximum atomic E-state index is 10.9. The zero-order valence-corrected chi connectivity index (χ0v) is 10.0. The molecule has 0 radical (unpaired) electrons. The van der Waals surface area contributed by atoms with E-state index in [-0.39, 0.29) is 0 Å². The first-order chi connectivity index (χ1) is 8.10. The van der Waals surface area contributed by atoms with Crippen LogP contribution in [0.25, 0.3) is 0 Å². The lowest BCUT2D eigenvalue weighted by Gasteiger charge is -2.22. The first kappa shape index (κ1) is 13.0. The van der Waals surface area contributed by atoms with Gasteiger partial charge in [-0.3, -0.25) is 0 Å². The molecule has 0 aromatic heterocycles. The molecule has 0 amide bonds. The highest BCUT2D eigenvalue weighted by Gasteiger charge is 2.09. The second-order valence-corrected chi connectivity index (χ2v) is 3.79. The normalized spacial score (nSPS) is 9.71. The second-order valence-electron chi connectivity index (χ2n) is 3.79. The predicted molar refractivity (Wildman–Crippen MR) is 70.7 cm³/mol. The summed E-state index contributed by atoms with van der Waals surface area (Å²) in [5.41, 5.74) is 2.08. The number of benzene rings is 1.